The van der Waals surface area contributed by atoms with E-state index < -0.39 is 11.8 Å². The Morgan fingerprint density at radius 1 is 0.865 bits per heavy atom. The first-order valence-corrected chi connectivity index (χ1v) is 12.7. The Morgan fingerprint density at radius 2 is 1.51 bits per heavy atom. The Kier molecular flexibility index (Phi) is 7.06. The predicted octanol–water partition coefficient (Wildman–Crippen LogP) is 3.78. The van der Waals surface area contributed by atoms with Gasteiger partial charge in [-0.25, -0.2) is 0 Å². The van der Waals surface area contributed by atoms with E-state index in [1.54, 1.807) is 21.9 Å². The van der Waals surface area contributed by atoms with Crippen molar-refractivity contribution in [3.8, 4) is 0 Å². The summed E-state index contributed by atoms with van der Waals surface area (Å²) in [6.45, 7) is 3.32. The minimum Gasteiger partial charge on any atom is -0.353 e. The molecular weight excluding hydrogens is 466 g/mol. The lowest BCUT2D eigenvalue weighted by Crippen LogP contribution is -2.59. The first-order valence-electron chi connectivity index (χ1n) is 12.7. The van der Waals surface area contributed by atoms with Gasteiger partial charge in [-0.3, -0.25) is 19.3 Å². The van der Waals surface area contributed by atoms with Crippen LogP contribution in [-0.4, -0.2) is 59.0 Å². The average molecular weight is 498 g/mol. The number of piperidine rings is 1. The molecule has 7 nitrogen and oxygen atoms in total. The summed E-state index contributed by atoms with van der Waals surface area (Å²) >= 11 is 0. The lowest BCUT2D eigenvalue weighted by atomic mass is 9.96. The van der Waals surface area contributed by atoms with Crippen LogP contribution in [0.1, 0.15) is 44.7 Å². The fourth-order valence-electron chi connectivity index (χ4n) is 5.21. The smallest absolute Gasteiger partial charge is 0.256 e. The molecule has 0 radical (unpaired) electrons. The second-order valence-electron chi connectivity index (χ2n) is 9.68. The van der Waals surface area contributed by atoms with E-state index in [0.29, 0.717) is 43.6 Å². The van der Waals surface area contributed by atoms with Crippen LogP contribution in [0.4, 0.5) is 0 Å². The van der Waals surface area contributed by atoms with E-state index in [1.165, 1.54) is 0 Å². The third kappa shape index (κ3) is 5.13. The van der Waals surface area contributed by atoms with Crippen LogP contribution in [0.5, 0.6) is 0 Å². The third-order valence-electron chi connectivity index (χ3n) is 7.21. The summed E-state index contributed by atoms with van der Waals surface area (Å²) in [7, 11) is 0. The summed E-state index contributed by atoms with van der Waals surface area (Å²) in [5.41, 5.74) is 2.23. The molecule has 0 bridgehead atoms. The van der Waals surface area contributed by atoms with Crippen LogP contribution in [0.25, 0.3) is 0 Å². The molecule has 2 saturated heterocycles. The van der Waals surface area contributed by atoms with E-state index in [2.05, 4.69) is 5.32 Å². The van der Waals surface area contributed by atoms with Crippen LogP contribution in [0.15, 0.2) is 84.9 Å². The standard InChI is InChI=1S/C30H31N3O4/c1-22-9-8-14-25(19-22)28(35)32-17-15-30(16-18-32)33(29(36)24-12-6-3-7-13-24)26(21-37-30)27(34)31-20-23-10-4-2-5-11-23/h2-14,19,26H,15-18,20-21H2,1H3,(H,31,34)/t26-/m0/s1. The SMILES string of the molecule is Cc1cccc(C(=O)N2CCC3(CC2)OC[C@@H](C(=O)NCc2ccccc2)N3C(=O)c2ccccc2)c1. The maximum absolute atomic E-state index is 13.8. The number of likely N-dealkylation sites (tertiary alicyclic amines) is 1. The number of rotatable bonds is 5. The Morgan fingerprint density at radius 3 is 2.19 bits per heavy atom. The number of ether oxygens (including phenoxy) is 1. The predicted molar refractivity (Wildman–Crippen MR) is 140 cm³/mol. The molecule has 0 aliphatic carbocycles. The van der Waals surface area contributed by atoms with Gasteiger partial charge in [0.25, 0.3) is 11.8 Å². The summed E-state index contributed by atoms with van der Waals surface area (Å²) in [6.07, 6.45) is 0.872. The Bertz CT molecular complexity index is 1270. The molecule has 5 rings (SSSR count). The van der Waals surface area contributed by atoms with Gasteiger partial charge in [-0.05, 0) is 36.8 Å². The zero-order valence-electron chi connectivity index (χ0n) is 20.9. The van der Waals surface area contributed by atoms with Gasteiger partial charge in [0.1, 0.15) is 11.8 Å². The molecule has 2 aliphatic heterocycles. The van der Waals surface area contributed by atoms with E-state index in [0.717, 1.165) is 11.1 Å². The molecule has 2 aliphatic rings. The Hall–Kier alpha value is -3.97. The first-order chi connectivity index (χ1) is 18.0. The number of carbonyl (C=O) groups excluding carboxylic acids is 3. The number of carbonyl (C=O) groups is 3. The molecule has 0 unspecified atom stereocenters. The molecule has 37 heavy (non-hydrogen) atoms. The van der Waals surface area contributed by atoms with Crippen molar-refractivity contribution in [3.05, 3.63) is 107 Å². The van der Waals surface area contributed by atoms with E-state index in [-0.39, 0.29) is 24.3 Å². The van der Waals surface area contributed by atoms with Gasteiger partial charge < -0.3 is 15.0 Å². The van der Waals surface area contributed by atoms with Crippen LogP contribution >= 0.6 is 0 Å². The second kappa shape index (κ2) is 10.6. The van der Waals surface area contributed by atoms with Crippen molar-refractivity contribution in [2.75, 3.05) is 19.7 Å². The molecule has 7 heteroatoms. The van der Waals surface area contributed by atoms with Crippen molar-refractivity contribution in [2.45, 2.75) is 38.1 Å². The number of nitrogens with one attached hydrogen (secondary N) is 1. The van der Waals surface area contributed by atoms with Crippen LogP contribution in [0.3, 0.4) is 0 Å². The van der Waals surface area contributed by atoms with Crippen LogP contribution in [0.2, 0.25) is 0 Å². The third-order valence-corrected chi connectivity index (χ3v) is 7.21. The summed E-state index contributed by atoms with van der Waals surface area (Å²) in [5, 5.41) is 2.98. The number of hydrogen-bond donors (Lipinski definition) is 1. The van der Waals surface area contributed by atoms with Gasteiger partial charge in [0, 0.05) is 43.6 Å². The van der Waals surface area contributed by atoms with Gasteiger partial charge in [-0.1, -0.05) is 66.2 Å². The van der Waals surface area contributed by atoms with Crippen molar-refractivity contribution in [2.24, 2.45) is 0 Å². The fourth-order valence-corrected chi connectivity index (χ4v) is 5.21. The second-order valence-corrected chi connectivity index (χ2v) is 9.68. The minimum atomic E-state index is -0.939. The van der Waals surface area contributed by atoms with E-state index >= 15 is 0 Å². The molecule has 190 valence electrons. The minimum absolute atomic E-state index is 0.0327. The normalized spacial score (nSPS) is 18.6. The zero-order chi connectivity index (χ0) is 25.8. The molecule has 1 spiro atoms. The monoisotopic (exact) mass is 497 g/mol. The molecule has 2 heterocycles. The molecule has 3 amide bonds. The number of hydrogen-bond acceptors (Lipinski definition) is 4. The molecule has 3 aromatic carbocycles. The summed E-state index contributed by atoms with van der Waals surface area (Å²) in [5.74, 6) is -0.519. The fraction of sp³-hybridized carbons (Fsp3) is 0.300. The highest BCUT2D eigenvalue weighted by molar-refractivity contribution is 5.98. The highest BCUT2D eigenvalue weighted by Gasteiger charge is 2.54. The van der Waals surface area contributed by atoms with Crippen molar-refractivity contribution in [1.82, 2.24) is 15.1 Å². The van der Waals surface area contributed by atoms with Gasteiger partial charge in [0.05, 0.1) is 6.61 Å². The largest absolute Gasteiger partial charge is 0.353 e. The van der Waals surface area contributed by atoms with E-state index in [4.69, 9.17) is 4.74 Å². The quantitative estimate of drug-likeness (QED) is 0.582. The van der Waals surface area contributed by atoms with Crippen LogP contribution < -0.4 is 5.32 Å². The van der Waals surface area contributed by atoms with Crippen molar-refractivity contribution in [3.63, 3.8) is 0 Å². The average Bonchev–Trinajstić information content (AvgIpc) is 3.30. The summed E-state index contributed by atoms with van der Waals surface area (Å²) in [6, 6.07) is 25.4. The number of benzene rings is 3. The molecule has 1 atom stereocenters. The number of aryl methyl sites for hydroxylation is 1. The van der Waals surface area contributed by atoms with Gasteiger partial charge in [-0.15, -0.1) is 0 Å². The van der Waals surface area contributed by atoms with Gasteiger partial charge in [0.2, 0.25) is 5.91 Å². The topological polar surface area (TPSA) is 79.0 Å². The highest BCUT2D eigenvalue weighted by atomic mass is 16.5. The van der Waals surface area contributed by atoms with E-state index in [1.807, 2.05) is 79.7 Å². The number of nitrogens with zero attached hydrogens (tertiary/aromatic N) is 2. The lowest BCUT2D eigenvalue weighted by Gasteiger charge is -2.44. The van der Waals surface area contributed by atoms with Crippen LogP contribution in [-0.2, 0) is 16.1 Å². The van der Waals surface area contributed by atoms with Gasteiger partial charge in [0.15, 0.2) is 0 Å². The molecule has 2 fully saturated rings. The number of amides is 3. The summed E-state index contributed by atoms with van der Waals surface area (Å²) in [4.78, 5) is 43.7. The van der Waals surface area contributed by atoms with Crippen molar-refractivity contribution >= 4 is 17.7 Å². The molecule has 0 saturated carbocycles. The summed E-state index contributed by atoms with van der Waals surface area (Å²) < 4.78 is 6.28. The Labute approximate surface area is 217 Å². The maximum atomic E-state index is 13.8. The van der Waals surface area contributed by atoms with Crippen molar-refractivity contribution < 1.29 is 19.1 Å². The van der Waals surface area contributed by atoms with Gasteiger partial charge >= 0.3 is 0 Å². The zero-order valence-corrected chi connectivity index (χ0v) is 20.9. The molecular formula is C30H31N3O4. The van der Waals surface area contributed by atoms with Gasteiger partial charge in [-0.2, -0.15) is 0 Å². The maximum Gasteiger partial charge on any atom is 0.256 e. The van der Waals surface area contributed by atoms with Crippen molar-refractivity contribution in [1.29, 1.82) is 0 Å². The highest BCUT2D eigenvalue weighted by Crippen LogP contribution is 2.39. The molecule has 0 aromatic heterocycles. The molecule has 3 aromatic rings. The lowest BCUT2D eigenvalue weighted by molar-refractivity contribution is -0.128. The first kappa shape index (κ1) is 24.7. The molecule has 1 N–H and O–H groups in total. The Balaban J connectivity index is 1.35. The van der Waals surface area contributed by atoms with E-state index in [9.17, 15) is 14.4 Å². The van der Waals surface area contributed by atoms with Crippen LogP contribution in [0, 0.1) is 6.92 Å².